The Morgan fingerprint density at radius 3 is 1.27 bits per heavy atom. The summed E-state index contributed by atoms with van der Waals surface area (Å²) in [5, 5.41) is -0.451. The zero-order chi connectivity index (χ0) is 23.0. The van der Waals surface area contributed by atoms with Gasteiger partial charge in [-0.15, -0.1) is 0 Å². The number of imidazole rings is 2. The molecule has 2 aromatic rings. The fraction of sp³-hybridized carbons (Fsp3) is 0.636. The van der Waals surface area contributed by atoms with Gasteiger partial charge in [0, 0.05) is 35.3 Å². The second-order valence-corrected chi connectivity index (χ2v) is 12.2. The molecule has 0 aromatic carbocycles. The summed E-state index contributed by atoms with van der Waals surface area (Å²) in [7, 11) is 1.83. The van der Waals surface area contributed by atoms with Crippen LogP contribution in [0.2, 0.25) is 0 Å². The molecular weight excluding hydrogens is 416 g/mol. The van der Waals surface area contributed by atoms with Crippen molar-refractivity contribution in [3.8, 4) is 0 Å². The molecule has 0 N–H and O–H groups in total. The van der Waals surface area contributed by atoms with Crippen LogP contribution in [0.15, 0.2) is 12.4 Å². The second kappa shape index (κ2) is 8.91. The van der Waals surface area contributed by atoms with Crippen LogP contribution in [0.5, 0.6) is 0 Å². The maximum atomic E-state index is 12.9. The lowest BCUT2D eigenvalue weighted by Crippen LogP contribution is -2.12. The molecule has 8 heteroatoms. The van der Waals surface area contributed by atoms with Gasteiger partial charge in [0.15, 0.2) is 11.6 Å². The van der Waals surface area contributed by atoms with Crippen molar-refractivity contribution >= 4 is 31.8 Å². The summed E-state index contributed by atoms with van der Waals surface area (Å²) < 4.78 is 3.77. The molecule has 166 valence electrons. The van der Waals surface area contributed by atoms with Crippen LogP contribution in [-0.4, -0.2) is 29.3 Å². The van der Waals surface area contributed by atoms with E-state index in [2.05, 4.69) is 51.5 Å². The highest BCUT2D eigenvalue weighted by molar-refractivity contribution is 8.87. The van der Waals surface area contributed by atoms with Crippen molar-refractivity contribution in [2.24, 2.45) is 0 Å². The van der Waals surface area contributed by atoms with Gasteiger partial charge in [0.25, 0.3) is 10.2 Å². The van der Waals surface area contributed by atoms with Gasteiger partial charge >= 0.3 is 0 Å². The van der Waals surface area contributed by atoms with Crippen molar-refractivity contribution in [3.63, 3.8) is 0 Å². The third-order valence-corrected chi connectivity index (χ3v) is 6.58. The van der Waals surface area contributed by atoms with Crippen molar-refractivity contribution in [2.75, 3.05) is 0 Å². The van der Waals surface area contributed by atoms with Crippen LogP contribution in [0.25, 0.3) is 0 Å². The first-order chi connectivity index (χ1) is 13.6. The van der Waals surface area contributed by atoms with E-state index in [9.17, 15) is 9.59 Å². The number of carbonyl (C=O) groups is 2. The molecule has 0 saturated heterocycles. The normalized spacial score (nSPS) is 12.8. The number of nitrogens with zero attached hydrogens (tertiary/aromatic N) is 4. The minimum absolute atomic E-state index is 0.100. The van der Waals surface area contributed by atoms with Gasteiger partial charge < -0.3 is 9.13 Å². The van der Waals surface area contributed by atoms with Crippen LogP contribution in [0.4, 0.5) is 0 Å². The van der Waals surface area contributed by atoms with Crippen molar-refractivity contribution in [2.45, 2.75) is 92.2 Å². The maximum absolute atomic E-state index is 12.9. The number of rotatable bonds is 4. The van der Waals surface area contributed by atoms with Gasteiger partial charge in [-0.2, -0.15) is 0 Å². The molecule has 0 unspecified atom stereocenters. The van der Waals surface area contributed by atoms with E-state index in [0.717, 1.165) is 33.0 Å². The Balaban J connectivity index is 2.24. The molecule has 0 fully saturated rings. The van der Waals surface area contributed by atoms with Gasteiger partial charge in [-0.25, -0.2) is 9.97 Å². The Hall–Kier alpha value is -1.54. The van der Waals surface area contributed by atoms with Gasteiger partial charge in [-0.3, -0.25) is 9.59 Å². The average molecular weight is 451 g/mol. The quantitative estimate of drug-likeness (QED) is 0.517. The van der Waals surface area contributed by atoms with Gasteiger partial charge in [-0.1, -0.05) is 41.5 Å². The molecule has 2 aromatic heterocycles. The zero-order valence-corrected chi connectivity index (χ0v) is 21.4. The van der Waals surface area contributed by atoms with E-state index in [4.69, 9.17) is 0 Å². The summed E-state index contributed by atoms with van der Waals surface area (Å²) in [6, 6.07) is 0.200. The Morgan fingerprint density at radius 1 is 0.733 bits per heavy atom. The van der Waals surface area contributed by atoms with Gasteiger partial charge in [-0.05, 0) is 49.3 Å². The van der Waals surface area contributed by atoms with E-state index in [1.807, 2.05) is 49.2 Å². The fourth-order valence-electron chi connectivity index (χ4n) is 2.75. The van der Waals surface area contributed by atoms with Gasteiger partial charge in [0.1, 0.15) is 0 Å². The standard InChI is InChI=1S/C22H34N4O2S2/c1-13(2)25-11-15(21(5,6)7)23-17(25)19(27)29-30-20(28)18-24-16(22(8,9)10)12-26(18)14(3)4/h11-14H,1-10H3. The highest BCUT2D eigenvalue weighted by Crippen LogP contribution is 2.33. The van der Waals surface area contributed by atoms with Crippen LogP contribution in [0.1, 0.15) is 114 Å². The molecular formula is C22H34N4O2S2. The van der Waals surface area contributed by atoms with Crippen LogP contribution in [0, 0.1) is 0 Å². The molecule has 0 amide bonds. The molecule has 0 bridgehead atoms. The Kier molecular flexibility index (Phi) is 7.34. The van der Waals surface area contributed by atoms with Gasteiger partial charge in [0.2, 0.25) is 0 Å². The fourth-order valence-corrected chi connectivity index (χ4v) is 4.25. The van der Waals surface area contributed by atoms with E-state index in [-0.39, 0.29) is 33.1 Å². The van der Waals surface area contributed by atoms with Crippen molar-refractivity contribution in [3.05, 3.63) is 35.4 Å². The zero-order valence-electron chi connectivity index (χ0n) is 19.7. The molecule has 0 saturated carbocycles. The molecule has 0 atom stereocenters. The van der Waals surface area contributed by atoms with Crippen LogP contribution < -0.4 is 0 Å². The van der Waals surface area contributed by atoms with E-state index >= 15 is 0 Å². The smallest absolute Gasteiger partial charge is 0.265 e. The summed E-state index contributed by atoms with van der Waals surface area (Å²) in [5.41, 5.74) is 1.41. The predicted molar refractivity (Wildman–Crippen MR) is 126 cm³/mol. The van der Waals surface area contributed by atoms with Crippen molar-refractivity contribution in [1.29, 1.82) is 0 Å². The highest BCUT2D eigenvalue weighted by atomic mass is 33.1. The summed E-state index contributed by atoms with van der Waals surface area (Å²) in [4.78, 5) is 35.0. The van der Waals surface area contributed by atoms with Gasteiger partial charge in [0.05, 0.1) is 11.4 Å². The monoisotopic (exact) mass is 450 g/mol. The first-order valence-electron chi connectivity index (χ1n) is 10.2. The SMILES string of the molecule is CC(C)n1cc(C(C)(C)C)nc1C(=O)SSC(=O)c1nc(C(C)(C)C)cn1C(C)C. The highest BCUT2D eigenvalue weighted by Gasteiger charge is 2.28. The number of hydrogen-bond donors (Lipinski definition) is 0. The van der Waals surface area contributed by atoms with E-state index in [0.29, 0.717) is 11.6 Å². The second-order valence-electron chi connectivity index (χ2n) is 10.1. The van der Waals surface area contributed by atoms with Crippen LogP contribution in [-0.2, 0) is 10.8 Å². The summed E-state index contributed by atoms with van der Waals surface area (Å²) in [5.74, 6) is 0.755. The third-order valence-electron chi connectivity index (χ3n) is 4.67. The lowest BCUT2D eigenvalue weighted by Gasteiger charge is -2.14. The average Bonchev–Trinajstić information content (AvgIpc) is 3.23. The van der Waals surface area contributed by atoms with Crippen LogP contribution in [0.3, 0.4) is 0 Å². The topological polar surface area (TPSA) is 69.8 Å². The first kappa shape index (κ1) is 24.7. The van der Waals surface area contributed by atoms with E-state index in [1.54, 1.807) is 0 Å². The number of aromatic nitrogens is 4. The maximum Gasteiger partial charge on any atom is 0.265 e. The van der Waals surface area contributed by atoms with Crippen molar-refractivity contribution < 1.29 is 9.59 Å². The molecule has 30 heavy (non-hydrogen) atoms. The lowest BCUT2D eigenvalue weighted by atomic mass is 9.93. The molecule has 6 nitrogen and oxygen atoms in total. The summed E-state index contributed by atoms with van der Waals surface area (Å²) in [6.45, 7) is 20.5. The minimum atomic E-state index is -0.226. The Bertz CT molecular complexity index is 852. The molecule has 0 aliphatic heterocycles. The number of hydrogen-bond acceptors (Lipinski definition) is 6. The molecule has 0 aliphatic carbocycles. The first-order valence-corrected chi connectivity index (χ1v) is 12.4. The molecule has 0 aliphatic rings. The van der Waals surface area contributed by atoms with Crippen LogP contribution >= 0.6 is 21.6 Å². The van der Waals surface area contributed by atoms with E-state index in [1.165, 1.54) is 0 Å². The third kappa shape index (κ3) is 5.58. The molecule has 2 rings (SSSR count). The molecule has 2 heterocycles. The summed E-state index contributed by atoms with van der Waals surface area (Å²) in [6.07, 6.45) is 3.87. The lowest BCUT2D eigenvalue weighted by molar-refractivity contribution is 0.106. The molecule has 0 radical (unpaired) electrons. The minimum Gasteiger partial charge on any atom is -0.325 e. The predicted octanol–water partition coefficient (Wildman–Crippen LogP) is 6.20. The Labute approximate surface area is 188 Å². The molecule has 0 spiro atoms. The Morgan fingerprint density at radius 2 is 1.03 bits per heavy atom. The van der Waals surface area contributed by atoms with E-state index < -0.39 is 0 Å². The largest absolute Gasteiger partial charge is 0.325 e. The number of carbonyl (C=O) groups excluding carboxylic acids is 2. The summed E-state index contributed by atoms with van der Waals surface area (Å²) >= 11 is 0. The van der Waals surface area contributed by atoms with Crippen molar-refractivity contribution in [1.82, 2.24) is 19.1 Å².